The van der Waals surface area contributed by atoms with Crippen molar-refractivity contribution in [1.29, 1.82) is 0 Å². The van der Waals surface area contributed by atoms with Crippen molar-refractivity contribution in [3.63, 3.8) is 0 Å². The predicted molar refractivity (Wildman–Crippen MR) is 231 cm³/mol. The number of alkyl carbamates (subject to hydrolysis) is 1. The average Bonchev–Trinajstić information content (AvgIpc) is 3.20. The Labute approximate surface area is 378 Å². The van der Waals surface area contributed by atoms with Crippen molar-refractivity contribution in [2.45, 2.75) is 155 Å². The van der Waals surface area contributed by atoms with Crippen LogP contribution < -0.4 is 5.32 Å². The number of amides is 1. The van der Waals surface area contributed by atoms with E-state index in [1.807, 2.05) is 13.8 Å². The van der Waals surface area contributed by atoms with Crippen LogP contribution in [0.2, 0.25) is 0 Å². The number of carbonyl (C=O) groups excluding carboxylic acids is 6. The van der Waals surface area contributed by atoms with Crippen LogP contribution in [-0.4, -0.2) is 122 Å². The maximum atomic E-state index is 14.9. The summed E-state index contributed by atoms with van der Waals surface area (Å²) in [7, 11) is 0. The van der Waals surface area contributed by atoms with E-state index in [1.54, 1.807) is 83.1 Å². The van der Waals surface area contributed by atoms with E-state index in [-0.39, 0.29) is 41.8 Å². The Morgan fingerprint density at radius 3 is 1.97 bits per heavy atom. The van der Waals surface area contributed by atoms with Gasteiger partial charge in [0.15, 0.2) is 17.5 Å². The number of fused-ring (bicyclic) bond motifs is 5. The predicted octanol–water partition coefficient (Wildman–Crippen LogP) is 4.22. The van der Waals surface area contributed by atoms with Crippen LogP contribution in [0.4, 0.5) is 4.79 Å². The highest BCUT2D eigenvalue weighted by Gasteiger charge is 2.78. The zero-order chi connectivity index (χ0) is 48.6. The number of hydrogen-bond acceptors (Lipinski definition) is 16. The molecule has 0 radical (unpaired) electrons. The van der Waals surface area contributed by atoms with Gasteiger partial charge in [0.25, 0.3) is 0 Å². The van der Waals surface area contributed by atoms with E-state index >= 15 is 0 Å². The van der Waals surface area contributed by atoms with Crippen LogP contribution in [0.15, 0.2) is 71.8 Å². The van der Waals surface area contributed by atoms with Crippen molar-refractivity contribution in [1.82, 2.24) is 5.32 Å². The number of Topliss-reactive ketones (excluding diaryl/α,β-unsaturated/α-hetero) is 1. The molecule has 6 rings (SSSR count). The first kappa shape index (κ1) is 50.8. The van der Waals surface area contributed by atoms with E-state index in [2.05, 4.69) is 10.1 Å². The molecule has 1 saturated heterocycles. The van der Waals surface area contributed by atoms with Gasteiger partial charge < -0.3 is 54.2 Å². The topological polar surface area (TPSA) is 251 Å². The Balaban J connectivity index is 0.00000105. The molecule has 2 saturated carbocycles. The highest BCUT2D eigenvalue weighted by Crippen LogP contribution is 2.64. The SMILES string of the molecule is CC(=O)OC(C)C.CC(=O)O[C@@]12CO[C@@H]1C[C@H](O)[C@@]1(C)C(=O)[C@H](O)C3=C(C)[C@@H](OC(=O)[C@H](O)[C@@H](NC(=O)OC(C)(C)C)c4ccccc4)C[C@@](O)([C@@H](OC(=O)c4ccccc4)[C@H]21)C3(C)C. The van der Waals surface area contributed by atoms with Gasteiger partial charge in [0.2, 0.25) is 0 Å². The van der Waals surface area contributed by atoms with Crippen LogP contribution >= 0.6 is 0 Å². The lowest BCUT2D eigenvalue weighted by Gasteiger charge is -2.67. The molecule has 0 unspecified atom stereocenters. The third kappa shape index (κ3) is 9.85. The van der Waals surface area contributed by atoms with Crippen LogP contribution in [0.3, 0.4) is 0 Å². The number of esters is 4. The van der Waals surface area contributed by atoms with Gasteiger partial charge >= 0.3 is 30.0 Å². The molecule has 356 valence electrons. The van der Waals surface area contributed by atoms with Gasteiger partial charge in [-0.2, -0.15) is 0 Å². The largest absolute Gasteiger partial charge is 0.463 e. The molecule has 2 aromatic rings. The van der Waals surface area contributed by atoms with Gasteiger partial charge in [-0.25, -0.2) is 14.4 Å². The van der Waals surface area contributed by atoms with Gasteiger partial charge in [0, 0.05) is 32.1 Å². The minimum atomic E-state index is -2.35. The van der Waals surface area contributed by atoms with Gasteiger partial charge in [-0.3, -0.25) is 14.4 Å². The Bertz CT molecular complexity index is 2150. The van der Waals surface area contributed by atoms with Gasteiger partial charge in [0.1, 0.15) is 35.6 Å². The average molecular weight is 910 g/mol. The second-order valence-electron chi connectivity index (χ2n) is 19.2. The summed E-state index contributed by atoms with van der Waals surface area (Å²) in [5, 5.41) is 51.6. The number of aliphatic hydroxyl groups is 4. The molecular formula is C48H63NO16. The molecule has 1 heterocycles. The van der Waals surface area contributed by atoms with Crippen LogP contribution in [0, 0.1) is 16.7 Å². The molecule has 0 spiro atoms. The van der Waals surface area contributed by atoms with Crippen molar-refractivity contribution in [2.75, 3.05) is 6.61 Å². The number of aliphatic hydroxyl groups excluding tert-OH is 3. The monoisotopic (exact) mass is 909 g/mol. The van der Waals surface area contributed by atoms with E-state index in [1.165, 1.54) is 32.9 Å². The van der Waals surface area contributed by atoms with Crippen LogP contribution in [-0.2, 0) is 47.6 Å². The van der Waals surface area contributed by atoms with Gasteiger partial charge in [-0.1, -0.05) is 62.4 Å². The second kappa shape index (κ2) is 19.0. The molecule has 2 aromatic carbocycles. The Hall–Kier alpha value is -5.20. The van der Waals surface area contributed by atoms with Crippen molar-refractivity contribution >= 4 is 35.8 Å². The Morgan fingerprint density at radius 2 is 1.48 bits per heavy atom. The lowest BCUT2D eigenvalue weighted by molar-refractivity contribution is -0.346. The third-order valence-corrected chi connectivity index (χ3v) is 13.0. The maximum Gasteiger partial charge on any atom is 0.408 e. The molecule has 11 atom stereocenters. The molecule has 5 N–H and O–H groups in total. The standard InChI is InChI=1S/C43H53NO14.C5H10O2/c1-22-26(55-37(51)32(48)30(24-15-11-9-12-16-24)44-38(52)58-39(3,4)5)20-43(53)35(56-36(50)25-17-13-10-14-18-25)33-41(8,34(49)31(47)29(22)40(43,6)7)27(46)19-28-42(33,21-54-28)57-23(2)45;1-4(2)7-5(3)6/h9-18,26-28,30-33,35,46-48,53H,19-21H2,1-8H3,(H,44,52);4H,1-3H3/t26-,27-,28+,30-,31+,32+,33-,35-,41+,42-,43+;/m0./s1. The van der Waals surface area contributed by atoms with Crippen molar-refractivity contribution in [2.24, 2.45) is 16.7 Å². The van der Waals surface area contributed by atoms with Crippen LogP contribution in [0.25, 0.3) is 0 Å². The number of ether oxygens (including phenoxy) is 6. The Morgan fingerprint density at radius 1 is 0.892 bits per heavy atom. The first-order valence-corrected chi connectivity index (χ1v) is 21.6. The fraction of sp³-hybridized carbons (Fsp3) is 0.583. The Kier molecular flexibility index (Phi) is 14.8. The van der Waals surface area contributed by atoms with Crippen LogP contribution in [0.5, 0.6) is 0 Å². The number of nitrogens with one attached hydrogen (secondary N) is 1. The summed E-state index contributed by atoms with van der Waals surface area (Å²) >= 11 is 0. The highest BCUT2D eigenvalue weighted by atomic mass is 16.6. The third-order valence-electron chi connectivity index (χ3n) is 13.0. The van der Waals surface area contributed by atoms with E-state index < -0.39 is 112 Å². The van der Waals surface area contributed by atoms with E-state index in [4.69, 9.17) is 23.7 Å². The van der Waals surface area contributed by atoms with E-state index in [0.717, 1.165) is 6.92 Å². The summed E-state index contributed by atoms with van der Waals surface area (Å²) < 4.78 is 34.1. The second-order valence-corrected chi connectivity index (χ2v) is 19.2. The molecular weight excluding hydrogens is 847 g/mol. The lowest BCUT2D eigenvalue weighted by atomic mass is 9.44. The molecule has 4 aliphatic rings. The summed E-state index contributed by atoms with van der Waals surface area (Å²) in [6, 6.07) is 14.6. The minimum Gasteiger partial charge on any atom is -0.463 e. The zero-order valence-electron chi connectivity index (χ0n) is 38.8. The molecule has 3 fully saturated rings. The molecule has 1 aliphatic heterocycles. The van der Waals surface area contributed by atoms with Gasteiger partial charge in [0.05, 0.1) is 41.8 Å². The first-order valence-electron chi connectivity index (χ1n) is 21.6. The summed E-state index contributed by atoms with van der Waals surface area (Å²) in [5.41, 5.74) is -8.14. The summed E-state index contributed by atoms with van der Waals surface area (Å²) in [5.74, 6) is -5.58. The zero-order valence-corrected chi connectivity index (χ0v) is 38.8. The highest BCUT2D eigenvalue weighted by molar-refractivity contribution is 5.94. The normalized spacial score (nSPS) is 31.0. The summed E-state index contributed by atoms with van der Waals surface area (Å²) in [6.07, 6.45) is -11.5. The first-order chi connectivity index (χ1) is 30.1. The summed E-state index contributed by atoms with van der Waals surface area (Å²) in [6.45, 7) is 16.8. The minimum absolute atomic E-state index is 0.0255. The molecule has 17 nitrogen and oxygen atoms in total. The molecule has 1 amide bonds. The quantitative estimate of drug-likeness (QED) is 0.134. The van der Waals surface area contributed by atoms with E-state index in [9.17, 15) is 49.2 Å². The van der Waals surface area contributed by atoms with Crippen molar-refractivity contribution in [3.8, 4) is 0 Å². The van der Waals surface area contributed by atoms with Gasteiger partial charge in [-0.15, -0.1) is 0 Å². The number of benzene rings is 2. The van der Waals surface area contributed by atoms with Crippen LogP contribution in [0.1, 0.15) is 111 Å². The lowest BCUT2D eigenvalue weighted by Crippen LogP contribution is -2.81. The molecule has 65 heavy (non-hydrogen) atoms. The molecule has 0 aromatic heterocycles. The number of rotatable bonds is 9. The number of hydrogen-bond donors (Lipinski definition) is 5. The van der Waals surface area contributed by atoms with Crippen molar-refractivity contribution < 1.29 is 77.6 Å². The maximum absolute atomic E-state index is 14.9. The molecule has 17 heteroatoms. The fourth-order valence-electron chi connectivity index (χ4n) is 9.89. The van der Waals surface area contributed by atoms with Crippen molar-refractivity contribution in [3.05, 3.63) is 82.9 Å². The smallest absolute Gasteiger partial charge is 0.408 e. The molecule has 3 aliphatic carbocycles. The van der Waals surface area contributed by atoms with Gasteiger partial charge in [-0.05, 0) is 77.3 Å². The van der Waals surface area contributed by atoms with E-state index in [0.29, 0.717) is 5.56 Å². The number of carbonyl (C=O) groups is 6. The molecule has 2 bridgehead atoms. The summed E-state index contributed by atoms with van der Waals surface area (Å²) in [4.78, 5) is 78.9. The number of ketones is 1. The fourth-order valence-corrected chi connectivity index (χ4v) is 9.89.